The van der Waals surface area contributed by atoms with Gasteiger partial charge in [-0.3, -0.25) is 0 Å². The standard InChI is InChI=1S/C13H21BrN2/c1-3-7-16(8-4-2)13-6-5-11(10-15)9-12(13)14/h5-6,9H,3-4,7-8,10,15H2,1-2H3. The molecule has 1 aromatic rings. The number of hydrogen-bond acceptors (Lipinski definition) is 2. The monoisotopic (exact) mass is 284 g/mol. The molecule has 2 N–H and O–H groups in total. The van der Waals surface area contributed by atoms with Crippen LogP contribution in [0.2, 0.25) is 0 Å². The van der Waals surface area contributed by atoms with Gasteiger partial charge in [0.15, 0.2) is 0 Å². The van der Waals surface area contributed by atoms with E-state index in [1.807, 2.05) is 0 Å². The molecule has 3 heteroatoms. The lowest BCUT2D eigenvalue weighted by Crippen LogP contribution is -2.25. The normalized spacial score (nSPS) is 10.5. The quantitative estimate of drug-likeness (QED) is 0.866. The molecule has 1 aromatic carbocycles. The predicted molar refractivity (Wildman–Crippen MR) is 74.8 cm³/mol. The van der Waals surface area contributed by atoms with E-state index in [9.17, 15) is 0 Å². The molecule has 0 aliphatic rings. The molecule has 0 aliphatic heterocycles. The van der Waals surface area contributed by atoms with Gasteiger partial charge in [-0.2, -0.15) is 0 Å². The number of rotatable bonds is 6. The Labute approximate surface area is 107 Å². The summed E-state index contributed by atoms with van der Waals surface area (Å²) in [4.78, 5) is 2.42. The summed E-state index contributed by atoms with van der Waals surface area (Å²) in [6, 6.07) is 6.39. The highest BCUT2D eigenvalue weighted by atomic mass is 79.9. The Morgan fingerprint density at radius 2 is 1.81 bits per heavy atom. The number of anilines is 1. The smallest absolute Gasteiger partial charge is 0.0510 e. The van der Waals surface area contributed by atoms with Gasteiger partial charge in [0.25, 0.3) is 0 Å². The minimum absolute atomic E-state index is 0.598. The van der Waals surface area contributed by atoms with Crippen molar-refractivity contribution in [3.63, 3.8) is 0 Å². The molecule has 0 atom stereocenters. The van der Waals surface area contributed by atoms with Gasteiger partial charge in [0.05, 0.1) is 5.69 Å². The number of halogens is 1. The van der Waals surface area contributed by atoms with Crippen molar-refractivity contribution in [1.29, 1.82) is 0 Å². The first-order valence-electron chi connectivity index (χ1n) is 5.96. The number of hydrogen-bond donors (Lipinski definition) is 1. The van der Waals surface area contributed by atoms with Crippen molar-refractivity contribution in [3.8, 4) is 0 Å². The molecule has 0 fully saturated rings. The SMILES string of the molecule is CCCN(CCC)c1ccc(CN)cc1Br. The summed E-state index contributed by atoms with van der Waals surface area (Å²) >= 11 is 3.63. The zero-order chi connectivity index (χ0) is 12.0. The molecule has 16 heavy (non-hydrogen) atoms. The van der Waals surface area contributed by atoms with E-state index in [-0.39, 0.29) is 0 Å². The summed E-state index contributed by atoms with van der Waals surface area (Å²) in [6.45, 7) is 7.24. The molecule has 0 amide bonds. The third-order valence-corrected chi connectivity index (χ3v) is 3.21. The molecular formula is C13H21BrN2. The van der Waals surface area contributed by atoms with Gasteiger partial charge in [-0.05, 0) is 46.5 Å². The van der Waals surface area contributed by atoms with Gasteiger partial charge in [-0.25, -0.2) is 0 Å². The molecule has 0 aliphatic carbocycles. The van der Waals surface area contributed by atoms with Crippen molar-refractivity contribution in [1.82, 2.24) is 0 Å². The van der Waals surface area contributed by atoms with Crippen molar-refractivity contribution in [2.75, 3.05) is 18.0 Å². The summed E-state index contributed by atoms with van der Waals surface area (Å²) in [5.74, 6) is 0. The van der Waals surface area contributed by atoms with E-state index in [1.165, 1.54) is 24.1 Å². The summed E-state index contributed by atoms with van der Waals surface area (Å²) in [7, 11) is 0. The Morgan fingerprint density at radius 3 is 2.25 bits per heavy atom. The molecule has 90 valence electrons. The van der Waals surface area contributed by atoms with Gasteiger partial charge in [-0.15, -0.1) is 0 Å². The second-order valence-corrected chi connectivity index (χ2v) is 4.83. The Morgan fingerprint density at radius 1 is 1.19 bits per heavy atom. The fraction of sp³-hybridized carbons (Fsp3) is 0.538. The van der Waals surface area contributed by atoms with Crippen molar-refractivity contribution >= 4 is 21.6 Å². The van der Waals surface area contributed by atoms with Crippen molar-refractivity contribution in [2.24, 2.45) is 5.73 Å². The van der Waals surface area contributed by atoms with Crippen LogP contribution >= 0.6 is 15.9 Å². The Hall–Kier alpha value is -0.540. The largest absolute Gasteiger partial charge is 0.371 e. The van der Waals surface area contributed by atoms with Crippen LogP contribution in [0.1, 0.15) is 32.3 Å². The number of nitrogens with zero attached hydrogens (tertiary/aromatic N) is 1. The van der Waals surface area contributed by atoms with Gasteiger partial charge in [0, 0.05) is 24.1 Å². The van der Waals surface area contributed by atoms with Crippen LogP contribution < -0.4 is 10.6 Å². The van der Waals surface area contributed by atoms with Crippen LogP contribution in [0.15, 0.2) is 22.7 Å². The van der Waals surface area contributed by atoms with Crippen molar-refractivity contribution in [3.05, 3.63) is 28.2 Å². The molecule has 0 heterocycles. The van der Waals surface area contributed by atoms with Crippen LogP contribution in [0.25, 0.3) is 0 Å². The lowest BCUT2D eigenvalue weighted by atomic mass is 10.2. The number of benzene rings is 1. The Bertz CT molecular complexity index is 320. The van der Waals surface area contributed by atoms with Gasteiger partial charge >= 0.3 is 0 Å². The highest BCUT2D eigenvalue weighted by Crippen LogP contribution is 2.27. The Kier molecular flexibility index (Phi) is 5.85. The van der Waals surface area contributed by atoms with E-state index in [0.29, 0.717) is 6.54 Å². The molecule has 0 spiro atoms. The van der Waals surface area contributed by atoms with E-state index in [0.717, 1.165) is 17.6 Å². The van der Waals surface area contributed by atoms with Crippen LogP contribution in [-0.4, -0.2) is 13.1 Å². The van der Waals surface area contributed by atoms with Gasteiger partial charge in [0.2, 0.25) is 0 Å². The summed E-state index contributed by atoms with van der Waals surface area (Å²) < 4.78 is 1.15. The van der Waals surface area contributed by atoms with E-state index >= 15 is 0 Å². The Balaban J connectivity index is 2.90. The third-order valence-electron chi connectivity index (χ3n) is 2.58. The predicted octanol–water partition coefficient (Wildman–Crippen LogP) is 3.53. The van der Waals surface area contributed by atoms with Gasteiger partial charge in [0.1, 0.15) is 0 Å². The molecule has 0 aromatic heterocycles. The van der Waals surface area contributed by atoms with E-state index < -0.39 is 0 Å². The second kappa shape index (κ2) is 6.92. The third kappa shape index (κ3) is 3.49. The molecule has 2 nitrogen and oxygen atoms in total. The zero-order valence-electron chi connectivity index (χ0n) is 10.2. The molecule has 0 unspecified atom stereocenters. The lowest BCUT2D eigenvalue weighted by molar-refractivity contribution is 0.743. The lowest BCUT2D eigenvalue weighted by Gasteiger charge is -2.25. The molecule has 0 bridgehead atoms. The molecule has 0 saturated carbocycles. The van der Waals surface area contributed by atoms with Crippen LogP contribution in [0, 0.1) is 0 Å². The van der Waals surface area contributed by atoms with Crippen molar-refractivity contribution in [2.45, 2.75) is 33.2 Å². The van der Waals surface area contributed by atoms with Crippen LogP contribution in [0.3, 0.4) is 0 Å². The van der Waals surface area contributed by atoms with Crippen molar-refractivity contribution < 1.29 is 0 Å². The summed E-state index contributed by atoms with van der Waals surface area (Å²) in [6.07, 6.45) is 2.34. The highest BCUT2D eigenvalue weighted by molar-refractivity contribution is 9.10. The highest BCUT2D eigenvalue weighted by Gasteiger charge is 2.08. The minimum atomic E-state index is 0.598. The zero-order valence-corrected chi connectivity index (χ0v) is 11.8. The summed E-state index contributed by atoms with van der Waals surface area (Å²) in [5.41, 5.74) is 8.08. The number of nitrogens with two attached hydrogens (primary N) is 1. The molecular weight excluding hydrogens is 264 g/mol. The maximum Gasteiger partial charge on any atom is 0.0510 e. The fourth-order valence-corrected chi connectivity index (χ4v) is 2.50. The van der Waals surface area contributed by atoms with Crippen LogP contribution in [-0.2, 0) is 6.54 Å². The van der Waals surface area contributed by atoms with Gasteiger partial charge in [-0.1, -0.05) is 19.9 Å². The average molecular weight is 285 g/mol. The maximum absolute atomic E-state index is 5.63. The average Bonchev–Trinajstić information content (AvgIpc) is 2.29. The van der Waals surface area contributed by atoms with Crippen LogP contribution in [0.5, 0.6) is 0 Å². The maximum atomic E-state index is 5.63. The minimum Gasteiger partial charge on any atom is -0.371 e. The first-order valence-corrected chi connectivity index (χ1v) is 6.75. The molecule has 0 saturated heterocycles. The second-order valence-electron chi connectivity index (χ2n) is 3.98. The van der Waals surface area contributed by atoms with E-state index in [1.54, 1.807) is 0 Å². The van der Waals surface area contributed by atoms with E-state index in [4.69, 9.17) is 5.73 Å². The van der Waals surface area contributed by atoms with E-state index in [2.05, 4.69) is 52.9 Å². The molecule has 0 radical (unpaired) electrons. The topological polar surface area (TPSA) is 29.3 Å². The first kappa shape index (κ1) is 13.5. The van der Waals surface area contributed by atoms with Crippen LogP contribution in [0.4, 0.5) is 5.69 Å². The summed E-state index contributed by atoms with van der Waals surface area (Å²) in [5, 5.41) is 0. The fourth-order valence-electron chi connectivity index (χ4n) is 1.83. The molecule has 1 rings (SSSR count). The van der Waals surface area contributed by atoms with Gasteiger partial charge < -0.3 is 10.6 Å². The first-order chi connectivity index (χ1) is 7.72.